The molecule has 0 bridgehead atoms. The maximum absolute atomic E-state index is 12.4. The summed E-state index contributed by atoms with van der Waals surface area (Å²) in [5.41, 5.74) is 0.191. The van der Waals surface area contributed by atoms with Crippen LogP contribution in [-0.4, -0.2) is 31.3 Å². The molecule has 0 saturated carbocycles. The van der Waals surface area contributed by atoms with E-state index in [-0.39, 0.29) is 12.1 Å². The number of para-hydroxylation sites is 1. The summed E-state index contributed by atoms with van der Waals surface area (Å²) in [6.07, 6.45) is 3.33. The maximum atomic E-state index is 12.4. The average molecular weight is 356 g/mol. The van der Waals surface area contributed by atoms with Crippen molar-refractivity contribution >= 4 is 27.6 Å². The molecule has 1 heterocycles. The van der Waals surface area contributed by atoms with Crippen molar-refractivity contribution in [1.29, 1.82) is 0 Å². The first-order chi connectivity index (χ1) is 10.1. The van der Waals surface area contributed by atoms with E-state index in [1.165, 1.54) is 7.11 Å². The molecule has 1 aliphatic heterocycles. The van der Waals surface area contributed by atoms with Crippen LogP contribution >= 0.6 is 15.9 Å². The van der Waals surface area contributed by atoms with E-state index in [0.717, 1.165) is 23.0 Å². The van der Waals surface area contributed by atoms with Gasteiger partial charge in [0.15, 0.2) is 0 Å². The molecule has 4 nitrogen and oxygen atoms in total. The lowest BCUT2D eigenvalue weighted by Gasteiger charge is -2.40. The summed E-state index contributed by atoms with van der Waals surface area (Å²) < 4.78 is 11.8. The van der Waals surface area contributed by atoms with Crippen molar-refractivity contribution in [3.8, 4) is 0 Å². The Kier molecular flexibility index (Phi) is 5.65. The third-order valence-electron chi connectivity index (χ3n) is 3.89. The fourth-order valence-corrected chi connectivity index (χ4v) is 3.21. The molecule has 2 unspecified atom stereocenters. The van der Waals surface area contributed by atoms with E-state index >= 15 is 0 Å². The van der Waals surface area contributed by atoms with Crippen LogP contribution < -0.4 is 5.32 Å². The SMILES string of the molecule is CCCC1CC(Nc2ccccc2Br)(C(=O)OC)CCO1. The molecule has 1 saturated heterocycles. The Morgan fingerprint density at radius 1 is 1.52 bits per heavy atom. The number of anilines is 1. The summed E-state index contributed by atoms with van der Waals surface area (Å²) in [5, 5.41) is 3.40. The first-order valence-electron chi connectivity index (χ1n) is 7.34. The molecule has 1 aromatic carbocycles. The van der Waals surface area contributed by atoms with E-state index in [1.54, 1.807) is 0 Å². The van der Waals surface area contributed by atoms with E-state index in [2.05, 4.69) is 28.2 Å². The van der Waals surface area contributed by atoms with Crippen molar-refractivity contribution in [2.75, 3.05) is 19.0 Å². The molecule has 0 aromatic heterocycles. The van der Waals surface area contributed by atoms with Crippen molar-refractivity contribution < 1.29 is 14.3 Å². The first kappa shape index (κ1) is 16.3. The van der Waals surface area contributed by atoms with Gasteiger partial charge >= 0.3 is 5.97 Å². The second-order valence-corrected chi connectivity index (χ2v) is 6.27. The van der Waals surface area contributed by atoms with Crippen molar-refractivity contribution in [2.24, 2.45) is 0 Å². The van der Waals surface area contributed by atoms with Gasteiger partial charge in [0.2, 0.25) is 0 Å². The molecule has 1 N–H and O–H groups in total. The fraction of sp³-hybridized carbons (Fsp3) is 0.562. The van der Waals surface area contributed by atoms with Crippen LogP contribution in [0.15, 0.2) is 28.7 Å². The summed E-state index contributed by atoms with van der Waals surface area (Å²) >= 11 is 3.52. The standard InChI is InChI=1S/C16H22BrNO3/c1-3-6-12-11-16(9-10-21-12,15(19)20-2)18-14-8-5-4-7-13(14)17/h4-5,7-8,12,18H,3,6,9-11H2,1-2H3. The minimum absolute atomic E-state index is 0.0952. The molecule has 1 aliphatic rings. The Balaban J connectivity index is 2.25. The highest BCUT2D eigenvalue weighted by Crippen LogP contribution is 2.34. The molecule has 116 valence electrons. The van der Waals surface area contributed by atoms with Crippen LogP contribution in [0.2, 0.25) is 0 Å². The highest BCUT2D eigenvalue weighted by molar-refractivity contribution is 9.10. The topological polar surface area (TPSA) is 47.6 Å². The Labute approximate surface area is 134 Å². The van der Waals surface area contributed by atoms with Crippen molar-refractivity contribution in [3.63, 3.8) is 0 Å². The largest absolute Gasteiger partial charge is 0.467 e. The molecule has 0 spiro atoms. The van der Waals surface area contributed by atoms with Crippen LogP contribution in [0.25, 0.3) is 0 Å². The monoisotopic (exact) mass is 355 g/mol. The predicted molar refractivity (Wildman–Crippen MR) is 86.4 cm³/mol. The molecule has 2 atom stereocenters. The summed E-state index contributed by atoms with van der Waals surface area (Å²) in [6, 6.07) is 7.81. The van der Waals surface area contributed by atoms with Crippen LogP contribution in [0.5, 0.6) is 0 Å². The zero-order valence-electron chi connectivity index (χ0n) is 12.5. The minimum atomic E-state index is -0.712. The van der Waals surface area contributed by atoms with Gasteiger partial charge in [-0.15, -0.1) is 0 Å². The molecule has 0 aliphatic carbocycles. The zero-order chi connectivity index (χ0) is 15.3. The lowest BCUT2D eigenvalue weighted by atomic mass is 9.85. The zero-order valence-corrected chi connectivity index (χ0v) is 14.1. The number of ether oxygens (including phenoxy) is 2. The van der Waals surface area contributed by atoms with Crippen molar-refractivity contribution in [2.45, 2.75) is 44.2 Å². The van der Waals surface area contributed by atoms with Crippen LogP contribution in [0.1, 0.15) is 32.6 Å². The molecule has 2 rings (SSSR count). The number of methoxy groups -OCH3 is 1. The number of halogens is 1. The second kappa shape index (κ2) is 7.27. The van der Waals surface area contributed by atoms with E-state index in [1.807, 2.05) is 24.3 Å². The van der Waals surface area contributed by atoms with Gasteiger partial charge in [-0.05, 0) is 34.5 Å². The Bertz CT molecular complexity index is 492. The highest BCUT2D eigenvalue weighted by Gasteiger charge is 2.44. The molecular weight excluding hydrogens is 334 g/mol. The predicted octanol–water partition coefficient (Wildman–Crippen LogP) is 3.75. The van der Waals surface area contributed by atoms with E-state index in [9.17, 15) is 4.79 Å². The number of nitrogens with one attached hydrogen (secondary N) is 1. The van der Waals surface area contributed by atoms with Gasteiger partial charge in [0.05, 0.1) is 13.2 Å². The van der Waals surface area contributed by atoms with Gasteiger partial charge in [-0.2, -0.15) is 0 Å². The molecule has 0 radical (unpaired) electrons. The number of rotatable bonds is 5. The summed E-state index contributed by atoms with van der Waals surface area (Å²) in [7, 11) is 1.44. The highest BCUT2D eigenvalue weighted by atomic mass is 79.9. The van der Waals surface area contributed by atoms with Gasteiger partial charge in [0.1, 0.15) is 5.54 Å². The number of carbonyl (C=O) groups excluding carboxylic acids is 1. The van der Waals surface area contributed by atoms with Gasteiger partial charge in [0, 0.05) is 29.6 Å². The lowest BCUT2D eigenvalue weighted by molar-refractivity contribution is -0.151. The van der Waals surface area contributed by atoms with Crippen LogP contribution in [0.3, 0.4) is 0 Å². The first-order valence-corrected chi connectivity index (χ1v) is 8.13. The summed E-state index contributed by atoms with van der Waals surface area (Å²) in [6.45, 7) is 2.69. The third kappa shape index (κ3) is 3.77. The van der Waals surface area contributed by atoms with Crippen LogP contribution in [0.4, 0.5) is 5.69 Å². The van der Waals surface area contributed by atoms with E-state index < -0.39 is 5.54 Å². The summed E-state index contributed by atoms with van der Waals surface area (Å²) in [5.74, 6) is -0.220. The number of hydrogen-bond acceptors (Lipinski definition) is 4. The molecule has 21 heavy (non-hydrogen) atoms. The maximum Gasteiger partial charge on any atom is 0.331 e. The fourth-order valence-electron chi connectivity index (χ4n) is 2.82. The molecule has 0 amide bonds. The average Bonchev–Trinajstić information content (AvgIpc) is 2.49. The number of carbonyl (C=O) groups is 1. The van der Waals surface area contributed by atoms with Crippen molar-refractivity contribution in [3.05, 3.63) is 28.7 Å². The quantitative estimate of drug-likeness (QED) is 0.817. The van der Waals surface area contributed by atoms with Crippen molar-refractivity contribution in [1.82, 2.24) is 0 Å². The van der Waals surface area contributed by atoms with Gasteiger partial charge < -0.3 is 14.8 Å². The second-order valence-electron chi connectivity index (χ2n) is 5.41. The Hall–Kier alpha value is -1.07. The third-order valence-corrected chi connectivity index (χ3v) is 4.58. The van der Waals surface area contributed by atoms with Gasteiger partial charge in [-0.3, -0.25) is 0 Å². The Morgan fingerprint density at radius 3 is 2.95 bits per heavy atom. The van der Waals surface area contributed by atoms with Gasteiger partial charge in [-0.1, -0.05) is 25.5 Å². The molecule has 5 heteroatoms. The number of benzene rings is 1. The van der Waals surface area contributed by atoms with Crippen LogP contribution in [0, 0.1) is 0 Å². The summed E-state index contributed by atoms with van der Waals surface area (Å²) in [4.78, 5) is 12.4. The minimum Gasteiger partial charge on any atom is -0.467 e. The molecule has 1 aromatic rings. The van der Waals surface area contributed by atoms with Crippen LogP contribution in [-0.2, 0) is 14.3 Å². The normalized spacial score (nSPS) is 25.4. The number of hydrogen-bond donors (Lipinski definition) is 1. The molecular formula is C16H22BrNO3. The lowest BCUT2D eigenvalue weighted by Crippen LogP contribution is -2.53. The Morgan fingerprint density at radius 2 is 2.29 bits per heavy atom. The van der Waals surface area contributed by atoms with E-state index in [0.29, 0.717) is 19.4 Å². The number of esters is 1. The van der Waals surface area contributed by atoms with Gasteiger partial charge in [-0.25, -0.2) is 4.79 Å². The van der Waals surface area contributed by atoms with Gasteiger partial charge in [0.25, 0.3) is 0 Å². The smallest absolute Gasteiger partial charge is 0.331 e. The van der Waals surface area contributed by atoms with E-state index in [4.69, 9.17) is 9.47 Å². The molecule has 1 fully saturated rings.